The number of amides is 2. The molecule has 1 aliphatic rings. The highest BCUT2D eigenvalue weighted by molar-refractivity contribution is 8.18. The maximum absolute atomic E-state index is 14.1. The van der Waals surface area contributed by atoms with Crippen molar-refractivity contribution < 1.29 is 23.5 Å². The number of imide groups is 1. The van der Waals surface area contributed by atoms with Gasteiger partial charge in [-0.3, -0.25) is 14.5 Å². The average molecular weight is 509 g/mol. The van der Waals surface area contributed by atoms with Gasteiger partial charge in [-0.25, -0.2) is 4.39 Å². The summed E-state index contributed by atoms with van der Waals surface area (Å²) in [6.07, 6.45) is 1.56. The van der Waals surface area contributed by atoms with E-state index in [0.717, 1.165) is 22.2 Å². The molecule has 1 saturated heterocycles. The molecule has 9 heteroatoms. The van der Waals surface area contributed by atoms with Crippen molar-refractivity contribution in [1.29, 1.82) is 5.26 Å². The van der Waals surface area contributed by atoms with Crippen molar-refractivity contribution in [3.63, 3.8) is 0 Å². The fraction of sp³-hybridized carbons (Fsp3) is 0.115. The van der Waals surface area contributed by atoms with Crippen LogP contribution in [0.5, 0.6) is 11.5 Å². The maximum atomic E-state index is 14.1. The second-order valence-corrected chi connectivity index (χ2v) is 8.84. The van der Waals surface area contributed by atoms with E-state index in [2.05, 4.69) is 6.07 Å². The van der Waals surface area contributed by atoms with Crippen LogP contribution in [0.15, 0.2) is 65.6 Å². The lowest BCUT2D eigenvalue weighted by Gasteiger charge is -2.14. The fourth-order valence-electron chi connectivity index (χ4n) is 3.43. The summed E-state index contributed by atoms with van der Waals surface area (Å²) in [4.78, 5) is 26.5. The first kappa shape index (κ1) is 24.3. The number of carbonyl (C=O) groups excluding carboxylic acids is 2. The predicted molar refractivity (Wildman–Crippen MR) is 131 cm³/mol. The number of rotatable bonds is 7. The molecule has 0 unspecified atom stereocenters. The van der Waals surface area contributed by atoms with Gasteiger partial charge in [-0.15, -0.1) is 0 Å². The molecule has 4 rings (SSSR count). The van der Waals surface area contributed by atoms with Gasteiger partial charge in [-0.2, -0.15) is 5.26 Å². The smallest absolute Gasteiger partial charge is 0.293 e. The lowest BCUT2D eigenvalue weighted by Crippen LogP contribution is -2.28. The van der Waals surface area contributed by atoms with E-state index in [1.165, 1.54) is 25.3 Å². The first-order chi connectivity index (χ1) is 16.9. The van der Waals surface area contributed by atoms with Gasteiger partial charge in [0.1, 0.15) is 12.4 Å². The lowest BCUT2D eigenvalue weighted by atomic mass is 10.1. The van der Waals surface area contributed by atoms with Crippen LogP contribution >= 0.6 is 23.4 Å². The Labute approximate surface area is 210 Å². The summed E-state index contributed by atoms with van der Waals surface area (Å²) in [6, 6.07) is 18.5. The van der Waals surface area contributed by atoms with E-state index < -0.39 is 17.0 Å². The molecule has 0 bridgehead atoms. The van der Waals surface area contributed by atoms with Crippen molar-refractivity contribution in [3.05, 3.63) is 98.7 Å². The predicted octanol–water partition coefficient (Wildman–Crippen LogP) is 6.17. The standard InChI is InChI=1S/C26H18ClFN2O4S/c1-33-23-11-16(9-10-22(23)34-15-18-6-3-2-5-17(18)13-29)12-24-25(31)30(26(32)35-24)14-19-20(27)7-4-8-21(19)28/h2-12H,14-15H2,1H3/b24-12-. The van der Waals surface area contributed by atoms with E-state index in [4.69, 9.17) is 21.1 Å². The number of halogens is 2. The van der Waals surface area contributed by atoms with E-state index in [-0.39, 0.29) is 28.6 Å². The summed E-state index contributed by atoms with van der Waals surface area (Å²) in [5.74, 6) is -0.241. The van der Waals surface area contributed by atoms with Crippen molar-refractivity contribution in [1.82, 2.24) is 4.90 Å². The third kappa shape index (κ3) is 5.32. The highest BCUT2D eigenvalue weighted by atomic mass is 35.5. The Bertz CT molecular complexity index is 1370. The summed E-state index contributed by atoms with van der Waals surface area (Å²) in [5.41, 5.74) is 1.96. The van der Waals surface area contributed by atoms with Gasteiger partial charge in [0, 0.05) is 16.1 Å². The molecule has 0 aromatic heterocycles. The SMILES string of the molecule is COc1cc(/C=C2\SC(=O)N(Cc3c(F)cccc3Cl)C2=O)ccc1OCc1ccccc1C#N. The van der Waals surface area contributed by atoms with Crippen LogP contribution in [0.25, 0.3) is 6.08 Å². The maximum Gasteiger partial charge on any atom is 0.293 e. The van der Waals surface area contributed by atoms with Crippen LogP contribution in [0.2, 0.25) is 5.02 Å². The normalized spacial score (nSPS) is 14.3. The Hall–Kier alpha value is -3.80. The zero-order chi connectivity index (χ0) is 24.9. The number of thioether (sulfide) groups is 1. The zero-order valence-corrected chi connectivity index (χ0v) is 20.0. The molecule has 1 fully saturated rings. The van der Waals surface area contributed by atoms with Gasteiger partial charge in [0.25, 0.3) is 11.1 Å². The molecule has 0 saturated carbocycles. The first-order valence-electron chi connectivity index (χ1n) is 10.4. The molecular weight excluding hydrogens is 491 g/mol. The van der Waals surface area contributed by atoms with Gasteiger partial charge in [-0.1, -0.05) is 41.9 Å². The topological polar surface area (TPSA) is 79.6 Å². The van der Waals surface area contributed by atoms with E-state index >= 15 is 0 Å². The monoisotopic (exact) mass is 508 g/mol. The number of nitriles is 1. The van der Waals surface area contributed by atoms with E-state index in [9.17, 15) is 19.2 Å². The molecule has 3 aromatic carbocycles. The number of carbonyl (C=O) groups is 2. The van der Waals surface area contributed by atoms with Crippen molar-refractivity contribution in [2.45, 2.75) is 13.2 Å². The largest absolute Gasteiger partial charge is 0.493 e. The number of benzene rings is 3. The van der Waals surface area contributed by atoms with Crippen molar-refractivity contribution in [2.75, 3.05) is 7.11 Å². The summed E-state index contributed by atoms with van der Waals surface area (Å²) < 4.78 is 25.4. The summed E-state index contributed by atoms with van der Waals surface area (Å²) in [7, 11) is 1.49. The van der Waals surface area contributed by atoms with E-state index in [1.54, 1.807) is 36.4 Å². The minimum absolute atomic E-state index is 0.0823. The summed E-state index contributed by atoms with van der Waals surface area (Å²) >= 11 is 6.81. The van der Waals surface area contributed by atoms with Gasteiger partial charge in [0.05, 0.1) is 30.2 Å². The molecule has 1 heterocycles. The number of hydrogen-bond acceptors (Lipinski definition) is 6. The molecular formula is C26H18ClFN2O4S. The first-order valence-corrected chi connectivity index (χ1v) is 11.6. The molecule has 35 heavy (non-hydrogen) atoms. The second kappa shape index (κ2) is 10.6. The molecule has 0 spiro atoms. The molecule has 0 N–H and O–H groups in total. The van der Waals surface area contributed by atoms with Crippen LogP contribution in [0.3, 0.4) is 0 Å². The minimum atomic E-state index is -0.585. The fourth-order valence-corrected chi connectivity index (χ4v) is 4.49. The number of nitrogens with zero attached hydrogens (tertiary/aromatic N) is 2. The molecule has 1 aliphatic heterocycles. The highest BCUT2D eigenvalue weighted by Gasteiger charge is 2.36. The van der Waals surface area contributed by atoms with Crippen LogP contribution in [0, 0.1) is 17.1 Å². The van der Waals surface area contributed by atoms with Crippen molar-refractivity contribution >= 4 is 40.6 Å². The Morgan fingerprint density at radius 1 is 1.11 bits per heavy atom. The number of ether oxygens (including phenoxy) is 2. The molecule has 6 nitrogen and oxygen atoms in total. The van der Waals surface area contributed by atoms with Gasteiger partial charge in [-0.05, 0) is 53.7 Å². The Morgan fingerprint density at radius 2 is 1.91 bits per heavy atom. The van der Waals surface area contributed by atoms with Gasteiger partial charge < -0.3 is 9.47 Å². The van der Waals surface area contributed by atoms with Gasteiger partial charge in [0.2, 0.25) is 0 Å². The van der Waals surface area contributed by atoms with Gasteiger partial charge >= 0.3 is 0 Å². The second-order valence-electron chi connectivity index (χ2n) is 7.44. The van der Waals surface area contributed by atoms with Crippen LogP contribution in [0.1, 0.15) is 22.3 Å². The number of hydrogen-bond donors (Lipinski definition) is 0. The van der Waals surface area contributed by atoms with Gasteiger partial charge in [0.15, 0.2) is 11.5 Å². The lowest BCUT2D eigenvalue weighted by molar-refractivity contribution is -0.123. The quantitative estimate of drug-likeness (QED) is 0.355. The molecule has 0 aliphatic carbocycles. The zero-order valence-electron chi connectivity index (χ0n) is 18.5. The summed E-state index contributed by atoms with van der Waals surface area (Å²) in [5, 5.41) is 8.87. The molecule has 0 radical (unpaired) electrons. The van der Waals surface area contributed by atoms with Crippen LogP contribution in [0.4, 0.5) is 9.18 Å². The van der Waals surface area contributed by atoms with Crippen LogP contribution < -0.4 is 9.47 Å². The third-order valence-corrected chi connectivity index (χ3v) is 6.52. The van der Waals surface area contributed by atoms with Crippen LogP contribution in [-0.4, -0.2) is 23.2 Å². The Balaban J connectivity index is 1.52. The molecule has 176 valence electrons. The molecule has 3 aromatic rings. The molecule has 2 amide bonds. The molecule has 0 atom stereocenters. The third-order valence-electron chi connectivity index (χ3n) is 5.26. The Morgan fingerprint density at radius 3 is 2.66 bits per heavy atom. The average Bonchev–Trinajstić information content (AvgIpc) is 3.12. The number of methoxy groups -OCH3 is 1. The van der Waals surface area contributed by atoms with E-state index in [1.807, 2.05) is 12.1 Å². The van der Waals surface area contributed by atoms with Crippen molar-refractivity contribution in [2.24, 2.45) is 0 Å². The highest BCUT2D eigenvalue weighted by Crippen LogP contribution is 2.36. The minimum Gasteiger partial charge on any atom is -0.493 e. The Kier molecular flexibility index (Phi) is 7.39. The van der Waals surface area contributed by atoms with Crippen molar-refractivity contribution in [3.8, 4) is 17.6 Å². The summed E-state index contributed by atoms with van der Waals surface area (Å²) in [6.45, 7) is -0.0787. The van der Waals surface area contributed by atoms with Crippen LogP contribution in [-0.2, 0) is 17.9 Å². The van der Waals surface area contributed by atoms with E-state index in [0.29, 0.717) is 22.6 Å².